The maximum Gasteiger partial charge on any atom is 0.411 e. The third kappa shape index (κ3) is 4.41. The van der Waals surface area contributed by atoms with Crippen LogP contribution in [-0.4, -0.2) is 26.4 Å². The van der Waals surface area contributed by atoms with Gasteiger partial charge in [0.15, 0.2) is 11.5 Å². The van der Waals surface area contributed by atoms with Crippen LogP contribution in [-0.2, 0) is 4.74 Å². The molecule has 0 saturated carbocycles. The lowest BCUT2D eigenvalue weighted by Gasteiger charge is -2.11. The average molecular weight is 301 g/mol. The number of para-hydroxylation sites is 3. The first-order chi connectivity index (χ1) is 10.7. The van der Waals surface area contributed by atoms with Crippen LogP contribution in [0.3, 0.4) is 0 Å². The van der Waals surface area contributed by atoms with Crippen LogP contribution >= 0.6 is 0 Å². The molecule has 2 aromatic carbocycles. The van der Waals surface area contributed by atoms with Crippen molar-refractivity contribution >= 4 is 11.8 Å². The smallest absolute Gasteiger partial charge is 0.411 e. The van der Waals surface area contributed by atoms with Crippen LogP contribution < -0.4 is 14.8 Å². The van der Waals surface area contributed by atoms with E-state index in [-0.39, 0.29) is 13.2 Å². The van der Waals surface area contributed by atoms with Crippen molar-refractivity contribution in [2.24, 2.45) is 0 Å². The number of rotatable bonds is 6. The van der Waals surface area contributed by atoms with Gasteiger partial charge in [-0.3, -0.25) is 5.32 Å². The fraction of sp³-hybridized carbons (Fsp3) is 0.235. The molecule has 116 valence electrons. The first-order valence-electron chi connectivity index (χ1n) is 6.96. The summed E-state index contributed by atoms with van der Waals surface area (Å²) in [6.45, 7) is 2.32. The molecule has 0 saturated heterocycles. The van der Waals surface area contributed by atoms with Gasteiger partial charge in [0, 0.05) is 5.69 Å². The molecule has 0 aliphatic heterocycles. The van der Waals surface area contributed by atoms with Gasteiger partial charge in [-0.15, -0.1) is 0 Å². The largest absolute Gasteiger partial charge is 0.493 e. The summed E-state index contributed by atoms with van der Waals surface area (Å²) in [5, 5.41) is 2.69. The number of carbonyl (C=O) groups is 1. The minimum atomic E-state index is -0.502. The van der Waals surface area contributed by atoms with E-state index >= 15 is 0 Å². The number of ether oxygens (including phenoxy) is 3. The Bertz CT molecular complexity index is 628. The minimum absolute atomic E-state index is 0.149. The summed E-state index contributed by atoms with van der Waals surface area (Å²) >= 11 is 0. The second kappa shape index (κ2) is 7.93. The van der Waals surface area contributed by atoms with Gasteiger partial charge in [0.05, 0.1) is 7.11 Å². The highest BCUT2D eigenvalue weighted by molar-refractivity contribution is 5.85. The molecule has 0 atom stereocenters. The molecule has 0 spiro atoms. The zero-order chi connectivity index (χ0) is 15.8. The maximum absolute atomic E-state index is 11.7. The Morgan fingerprint density at radius 2 is 1.68 bits per heavy atom. The van der Waals surface area contributed by atoms with Crippen LogP contribution in [0.25, 0.3) is 0 Å². The van der Waals surface area contributed by atoms with E-state index in [1.54, 1.807) is 19.2 Å². The van der Waals surface area contributed by atoms with Crippen LogP contribution in [0.1, 0.15) is 5.56 Å². The molecule has 0 heterocycles. The van der Waals surface area contributed by atoms with Gasteiger partial charge in [-0.25, -0.2) is 4.79 Å². The topological polar surface area (TPSA) is 56.8 Å². The van der Waals surface area contributed by atoms with E-state index in [9.17, 15) is 4.79 Å². The molecular formula is C17H19NO4. The van der Waals surface area contributed by atoms with Crippen LogP contribution in [0.15, 0.2) is 48.5 Å². The third-order valence-electron chi connectivity index (χ3n) is 3.02. The predicted octanol–water partition coefficient (Wildman–Crippen LogP) is 3.63. The van der Waals surface area contributed by atoms with E-state index in [1.165, 1.54) is 0 Å². The number of hydrogen-bond donors (Lipinski definition) is 1. The van der Waals surface area contributed by atoms with Gasteiger partial charge in [-0.2, -0.15) is 0 Å². The molecule has 0 fully saturated rings. The Hall–Kier alpha value is -2.69. The molecule has 1 N–H and O–H groups in total. The average Bonchev–Trinajstić information content (AvgIpc) is 2.54. The third-order valence-corrected chi connectivity index (χ3v) is 3.02. The zero-order valence-electron chi connectivity index (χ0n) is 12.7. The highest BCUT2D eigenvalue weighted by Gasteiger charge is 2.06. The molecule has 0 aliphatic rings. The summed E-state index contributed by atoms with van der Waals surface area (Å²) < 4.78 is 15.8. The van der Waals surface area contributed by atoms with Crippen LogP contribution in [0.4, 0.5) is 10.5 Å². The Balaban J connectivity index is 1.75. The molecule has 0 bridgehead atoms. The standard InChI is InChI=1S/C17H19NO4/c1-13-7-3-4-8-14(13)18-17(19)22-12-11-21-16-10-6-5-9-15(16)20-2/h3-10H,11-12H2,1-2H3,(H,18,19). The van der Waals surface area contributed by atoms with Gasteiger partial charge in [0.1, 0.15) is 13.2 Å². The second-order valence-corrected chi connectivity index (χ2v) is 4.58. The lowest BCUT2D eigenvalue weighted by molar-refractivity contribution is 0.136. The quantitative estimate of drug-likeness (QED) is 0.828. The molecular weight excluding hydrogens is 282 g/mol. The first-order valence-corrected chi connectivity index (χ1v) is 6.96. The van der Waals surface area contributed by atoms with E-state index in [0.29, 0.717) is 11.5 Å². The summed E-state index contributed by atoms with van der Waals surface area (Å²) in [4.78, 5) is 11.7. The summed E-state index contributed by atoms with van der Waals surface area (Å²) in [5.74, 6) is 1.26. The SMILES string of the molecule is COc1ccccc1OCCOC(=O)Nc1ccccc1C. The predicted molar refractivity (Wildman–Crippen MR) is 84.6 cm³/mol. The van der Waals surface area contributed by atoms with Crippen molar-refractivity contribution in [1.29, 1.82) is 0 Å². The van der Waals surface area contributed by atoms with Crippen LogP contribution in [0.5, 0.6) is 11.5 Å². The Labute approximate surface area is 129 Å². The fourth-order valence-electron chi connectivity index (χ4n) is 1.88. The van der Waals surface area contributed by atoms with Gasteiger partial charge in [-0.05, 0) is 30.7 Å². The Morgan fingerprint density at radius 3 is 2.41 bits per heavy atom. The van der Waals surface area contributed by atoms with Gasteiger partial charge in [0.25, 0.3) is 0 Å². The van der Waals surface area contributed by atoms with E-state index < -0.39 is 6.09 Å². The second-order valence-electron chi connectivity index (χ2n) is 4.58. The normalized spacial score (nSPS) is 9.91. The van der Waals surface area contributed by atoms with Crippen molar-refractivity contribution in [3.05, 3.63) is 54.1 Å². The van der Waals surface area contributed by atoms with Crippen molar-refractivity contribution < 1.29 is 19.0 Å². The summed E-state index contributed by atoms with van der Waals surface area (Å²) in [6, 6.07) is 14.8. The van der Waals surface area contributed by atoms with Crippen LogP contribution in [0, 0.1) is 6.92 Å². The highest BCUT2D eigenvalue weighted by Crippen LogP contribution is 2.25. The molecule has 5 heteroatoms. The number of aryl methyl sites for hydroxylation is 1. The first kappa shape index (κ1) is 15.7. The lowest BCUT2D eigenvalue weighted by atomic mass is 10.2. The number of hydrogen-bond acceptors (Lipinski definition) is 4. The molecule has 0 unspecified atom stereocenters. The number of amides is 1. The summed E-state index contributed by atoms with van der Waals surface area (Å²) in [5.41, 5.74) is 1.71. The maximum atomic E-state index is 11.7. The number of benzene rings is 2. The molecule has 0 aliphatic carbocycles. The summed E-state index contributed by atoms with van der Waals surface area (Å²) in [6.07, 6.45) is -0.502. The minimum Gasteiger partial charge on any atom is -0.493 e. The number of nitrogens with one attached hydrogen (secondary N) is 1. The van der Waals surface area contributed by atoms with Crippen molar-refractivity contribution in [2.75, 3.05) is 25.6 Å². The Morgan fingerprint density at radius 1 is 1.00 bits per heavy atom. The lowest BCUT2D eigenvalue weighted by Crippen LogP contribution is -2.18. The monoisotopic (exact) mass is 301 g/mol. The van der Waals surface area contributed by atoms with Gasteiger partial charge >= 0.3 is 6.09 Å². The van der Waals surface area contributed by atoms with Gasteiger partial charge in [0.2, 0.25) is 0 Å². The van der Waals surface area contributed by atoms with Crippen molar-refractivity contribution in [3.63, 3.8) is 0 Å². The highest BCUT2D eigenvalue weighted by atomic mass is 16.6. The molecule has 2 aromatic rings. The van der Waals surface area contributed by atoms with Crippen molar-refractivity contribution in [2.45, 2.75) is 6.92 Å². The number of carbonyl (C=O) groups excluding carboxylic acids is 1. The molecule has 0 aromatic heterocycles. The van der Waals surface area contributed by atoms with Gasteiger partial charge < -0.3 is 14.2 Å². The molecule has 1 amide bonds. The van der Waals surface area contributed by atoms with Crippen molar-refractivity contribution in [3.8, 4) is 11.5 Å². The van der Waals surface area contributed by atoms with Crippen LogP contribution in [0.2, 0.25) is 0 Å². The van der Waals surface area contributed by atoms with Gasteiger partial charge in [-0.1, -0.05) is 30.3 Å². The molecule has 5 nitrogen and oxygen atoms in total. The van der Waals surface area contributed by atoms with E-state index in [4.69, 9.17) is 14.2 Å². The van der Waals surface area contributed by atoms with E-state index in [2.05, 4.69) is 5.32 Å². The summed E-state index contributed by atoms with van der Waals surface area (Å²) in [7, 11) is 1.58. The van der Waals surface area contributed by atoms with E-state index in [0.717, 1.165) is 11.3 Å². The molecule has 2 rings (SSSR count). The molecule has 0 radical (unpaired) electrons. The molecule has 22 heavy (non-hydrogen) atoms. The van der Waals surface area contributed by atoms with Crippen molar-refractivity contribution in [1.82, 2.24) is 0 Å². The number of anilines is 1. The van der Waals surface area contributed by atoms with E-state index in [1.807, 2.05) is 43.3 Å². The zero-order valence-corrected chi connectivity index (χ0v) is 12.7. The Kier molecular flexibility index (Phi) is 5.65. The fourth-order valence-corrected chi connectivity index (χ4v) is 1.88. The number of methoxy groups -OCH3 is 1.